The fraction of sp³-hybridized carbons (Fsp3) is 0.517. The molecule has 0 radical (unpaired) electrons. The highest BCUT2D eigenvalue weighted by atomic mass is 19.1. The highest BCUT2D eigenvalue weighted by Gasteiger charge is 2.46. The van der Waals surface area contributed by atoms with Gasteiger partial charge in [-0.25, -0.2) is 14.2 Å². The number of aryl methyl sites for hydroxylation is 1. The number of carbonyl (C=O) groups excluding carboxylic acids is 9. The van der Waals surface area contributed by atoms with E-state index in [2.05, 4.69) is 16.0 Å². The van der Waals surface area contributed by atoms with Crippen LogP contribution in [0.4, 0.5) is 4.39 Å². The molecule has 1 fully saturated rings. The Bertz CT molecular complexity index is 3260. The molecule has 0 saturated carbocycles. The number of pyridine rings is 2. The first-order chi connectivity index (χ1) is 40.4. The van der Waals surface area contributed by atoms with Crippen molar-refractivity contribution in [1.82, 2.24) is 30.4 Å². The van der Waals surface area contributed by atoms with Crippen LogP contribution >= 0.6 is 0 Å². The van der Waals surface area contributed by atoms with Gasteiger partial charge in [-0.2, -0.15) is 0 Å². The van der Waals surface area contributed by atoms with Crippen molar-refractivity contribution in [2.75, 3.05) is 26.5 Å². The average molecular weight is 1190 g/mol. The minimum absolute atomic E-state index is 0.00990. The Labute approximate surface area is 488 Å². The number of fused-ring (bicyclic) bond motifs is 5. The van der Waals surface area contributed by atoms with Crippen molar-refractivity contribution < 1.29 is 87.7 Å². The van der Waals surface area contributed by atoms with Gasteiger partial charge in [0.2, 0.25) is 29.5 Å². The number of hydrogen-bond donors (Lipinski definition) is 9. The number of amides is 5. The lowest BCUT2D eigenvalue weighted by Crippen LogP contribution is -2.47. The van der Waals surface area contributed by atoms with Crippen molar-refractivity contribution in [2.45, 2.75) is 166 Å². The largest absolute Gasteiger partial charge is 0.458 e. The summed E-state index contributed by atoms with van der Waals surface area (Å²) in [5.74, 6) is -7.00. The summed E-state index contributed by atoms with van der Waals surface area (Å²) in [6.07, 6.45) is -8.76. The van der Waals surface area contributed by atoms with E-state index in [9.17, 15) is 73.5 Å². The summed E-state index contributed by atoms with van der Waals surface area (Å²) in [6.45, 7) is 3.16. The van der Waals surface area contributed by atoms with E-state index in [0.717, 1.165) is 10.5 Å². The summed E-state index contributed by atoms with van der Waals surface area (Å²) in [5.41, 5.74) is 1.77. The second-order valence-electron chi connectivity index (χ2n) is 21.9. The molecule has 0 bridgehead atoms. The molecule has 8 atom stereocenters. The number of carbonyl (C=O) groups is 9. The van der Waals surface area contributed by atoms with Gasteiger partial charge in [-0.15, -0.1) is 0 Å². The Hall–Kier alpha value is -7.52. The summed E-state index contributed by atoms with van der Waals surface area (Å²) >= 11 is 0. The minimum Gasteiger partial charge on any atom is -0.458 e. The van der Waals surface area contributed by atoms with Crippen molar-refractivity contribution in [3.8, 4) is 11.4 Å². The monoisotopic (exact) mass is 1180 g/mol. The van der Waals surface area contributed by atoms with E-state index in [1.54, 1.807) is 50.2 Å². The number of Topliss-reactive ketones (excluding diaryl/α,β-unsaturated/α-hetero) is 3. The van der Waals surface area contributed by atoms with Gasteiger partial charge in [-0.1, -0.05) is 44.2 Å². The molecule has 3 aliphatic rings. The maximum atomic E-state index is 15.4. The van der Waals surface area contributed by atoms with Crippen LogP contribution in [0, 0.1) is 18.7 Å². The molecule has 458 valence electrons. The van der Waals surface area contributed by atoms with Crippen LogP contribution in [0.5, 0.6) is 0 Å². The topological polar surface area (TPSA) is 368 Å². The van der Waals surface area contributed by atoms with Crippen LogP contribution < -0.4 is 21.5 Å². The predicted octanol–water partition coefficient (Wildman–Crippen LogP) is 0.811. The number of benzene rings is 2. The number of ketones is 3. The number of esters is 1. The number of cyclic esters (lactones) is 1. The molecule has 4 aromatic rings. The maximum absolute atomic E-state index is 15.4. The summed E-state index contributed by atoms with van der Waals surface area (Å²) in [4.78, 5) is 137. The molecule has 2 aromatic carbocycles. The lowest BCUT2D eigenvalue weighted by atomic mass is 9.86. The first kappa shape index (κ1) is 65.0. The molecular formula is C60H73FN6O18. The van der Waals surface area contributed by atoms with Gasteiger partial charge in [-0.3, -0.25) is 48.1 Å². The number of likely N-dealkylation sites (tertiary alicyclic amines) is 1. The molecule has 0 aliphatic carbocycles. The number of nitrogens with zero attached hydrogens (tertiary/aromatic N) is 3. The van der Waals surface area contributed by atoms with E-state index in [1.807, 2.05) is 6.07 Å². The Morgan fingerprint density at radius 3 is 2.20 bits per heavy atom. The van der Waals surface area contributed by atoms with Crippen LogP contribution in [-0.4, -0.2) is 161 Å². The van der Waals surface area contributed by atoms with E-state index in [1.165, 1.54) is 17.6 Å². The quantitative estimate of drug-likeness (QED) is 0.0124. The third kappa shape index (κ3) is 15.7. The number of unbranched alkanes of at least 4 members (excludes halogenated alkanes) is 1. The normalized spacial score (nSPS) is 18.4. The van der Waals surface area contributed by atoms with Crippen LogP contribution in [-0.2, 0) is 84.2 Å². The predicted molar refractivity (Wildman–Crippen MR) is 299 cm³/mol. The molecule has 9 N–H and O–H groups in total. The summed E-state index contributed by atoms with van der Waals surface area (Å²) < 4.78 is 27.8. The van der Waals surface area contributed by atoms with Gasteiger partial charge in [0.05, 0.1) is 53.8 Å². The number of ether oxygens (including phenoxy) is 2. The molecule has 5 amide bonds. The number of aliphatic hydroxyl groups is 6. The molecule has 7 rings (SSSR count). The zero-order valence-electron chi connectivity index (χ0n) is 47.6. The van der Waals surface area contributed by atoms with E-state index in [0.29, 0.717) is 58.2 Å². The number of hydrogen-bond acceptors (Lipinski definition) is 19. The second-order valence-corrected chi connectivity index (χ2v) is 21.9. The molecule has 85 heavy (non-hydrogen) atoms. The smallest absolute Gasteiger partial charge is 0.343 e. The van der Waals surface area contributed by atoms with Crippen LogP contribution in [0.15, 0.2) is 53.3 Å². The second kappa shape index (κ2) is 29.0. The zero-order chi connectivity index (χ0) is 61.9. The molecule has 24 nitrogen and oxygen atoms in total. The lowest BCUT2D eigenvalue weighted by molar-refractivity contribution is -0.172. The molecule has 5 heterocycles. The molecule has 25 heteroatoms. The SMILES string of the molecule is CC[C@@]1(O)C(=O)OCc2c1cc1n(c2=O)Cc2cc3c(CCCCOCNC(=O)CCC(=O)[C@H](Cc4ccccc4)NC(=O)CCC(=O)[C@H](CCC(=O)CC[C@H](O)[C@@H](O)[C@H](O)[C@H](O)CO)NC(=O)CN4C(=O)CC(C)C4=O)c(C)c(F)cc3nc2-1. The van der Waals surface area contributed by atoms with Crippen LogP contribution in [0.1, 0.15) is 124 Å². The van der Waals surface area contributed by atoms with E-state index in [4.69, 9.17) is 19.6 Å². The van der Waals surface area contributed by atoms with Crippen molar-refractivity contribution in [3.05, 3.63) is 98.1 Å². The molecule has 2 aromatic heterocycles. The van der Waals surface area contributed by atoms with Gasteiger partial charge in [-0.05, 0) is 80.7 Å². The van der Waals surface area contributed by atoms with Gasteiger partial charge < -0.3 is 60.6 Å². The van der Waals surface area contributed by atoms with Crippen LogP contribution in [0.2, 0.25) is 0 Å². The first-order valence-electron chi connectivity index (χ1n) is 28.5. The zero-order valence-corrected chi connectivity index (χ0v) is 47.6. The van der Waals surface area contributed by atoms with Crippen molar-refractivity contribution in [1.29, 1.82) is 0 Å². The highest BCUT2D eigenvalue weighted by molar-refractivity contribution is 6.06. The Morgan fingerprint density at radius 1 is 0.847 bits per heavy atom. The molecule has 1 saturated heterocycles. The van der Waals surface area contributed by atoms with Gasteiger partial charge in [0, 0.05) is 80.1 Å². The number of nitrogens with one attached hydrogen (secondary N) is 3. The van der Waals surface area contributed by atoms with Crippen LogP contribution in [0.25, 0.3) is 22.3 Å². The Morgan fingerprint density at radius 2 is 1.52 bits per heavy atom. The summed E-state index contributed by atoms with van der Waals surface area (Å²) in [7, 11) is 0. The fourth-order valence-corrected chi connectivity index (χ4v) is 10.7. The molecule has 0 spiro atoms. The van der Waals surface area contributed by atoms with Crippen molar-refractivity contribution in [3.63, 3.8) is 0 Å². The third-order valence-corrected chi connectivity index (χ3v) is 15.9. The summed E-state index contributed by atoms with van der Waals surface area (Å²) in [6, 6.07) is 11.0. The Balaban J connectivity index is 0.884. The lowest BCUT2D eigenvalue weighted by Gasteiger charge is -2.31. The number of rotatable bonds is 32. The third-order valence-electron chi connectivity index (χ3n) is 15.9. The molecular weight excluding hydrogens is 1110 g/mol. The van der Waals surface area contributed by atoms with Crippen LogP contribution in [0.3, 0.4) is 0 Å². The number of halogens is 1. The Kier molecular flexibility index (Phi) is 22.2. The van der Waals surface area contributed by atoms with Crippen molar-refractivity contribution >= 4 is 63.8 Å². The van der Waals surface area contributed by atoms with E-state index >= 15 is 4.39 Å². The van der Waals surface area contributed by atoms with Gasteiger partial charge in [0.1, 0.15) is 49.8 Å². The number of imide groups is 1. The highest BCUT2D eigenvalue weighted by Crippen LogP contribution is 2.40. The fourth-order valence-electron chi connectivity index (χ4n) is 10.7. The van der Waals surface area contributed by atoms with Gasteiger partial charge >= 0.3 is 5.97 Å². The van der Waals surface area contributed by atoms with Gasteiger partial charge in [0.25, 0.3) is 5.56 Å². The number of aliphatic hydroxyl groups excluding tert-OH is 5. The van der Waals surface area contributed by atoms with Gasteiger partial charge in [0.15, 0.2) is 17.2 Å². The van der Waals surface area contributed by atoms with E-state index < -0.39 is 138 Å². The number of aromatic nitrogens is 2. The molecule has 3 aliphatic heterocycles. The average Bonchev–Trinajstić information content (AvgIpc) is 1.94. The minimum atomic E-state index is -1.99. The standard InChI is InChI=1S/C60H73FN6O18/c1-4-60(83)40-25-45-54-35(27-66(45)58(81)39(40)30-85-59(60)82)24-38-37(33(3)41(61)26-43(38)65-54)12-8-9-21-84-31-62-50(74)19-17-47(71)44(23-34-10-6-5-7-11-34)64-51(75)20-18-46(70)42(63-52(76)28-67-53(77)22-32(2)57(67)80)15-13-36(69)14-16-48(72)55(78)56(79)49(73)29-68/h5-7,10-11,24-26,32,42,44,48-49,55-56,68,72-73,78-79,83H,4,8-9,12-23,27-31H2,1-3H3,(H,62,74)(H,63,76)(H,64,75)/t32?,42-,44-,48-,49+,55+,56+,60-/m0/s1. The summed E-state index contributed by atoms with van der Waals surface area (Å²) in [5, 5.41) is 68.6. The first-order valence-corrected chi connectivity index (χ1v) is 28.5. The van der Waals surface area contributed by atoms with E-state index in [-0.39, 0.29) is 95.4 Å². The maximum Gasteiger partial charge on any atom is 0.343 e. The van der Waals surface area contributed by atoms with Crippen molar-refractivity contribution in [2.24, 2.45) is 5.92 Å². The molecule has 1 unspecified atom stereocenters.